The third-order valence-electron chi connectivity index (χ3n) is 4.12. The number of thiophene rings is 1. The molecule has 0 spiro atoms. The van der Waals surface area contributed by atoms with Crippen molar-refractivity contribution in [2.24, 2.45) is 5.92 Å². The smallest absolute Gasteiger partial charge is 0.0724 e. The Labute approximate surface area is 121 Å². The molecule has 108 valence electrons. The molecule has 2 heterocycles. The number of nitrogens with one attached hydrogen (secondary N) is 1. The van der Waals surface area contributed by atoms with E-state index in [0.717, 1.165) is 19.6 Å². The molecule has 1 aliphatic heterocycles. The molecule has 0 bridgehead atoms. The fourth-order valence-corrected chi connectivity index (χ4v) is 3.44. The summed E-state index contributed by atoms with van der Waals surface area (Å²) in [6, 6.07) is 4.78. The Morgan fingerprint density at radius 2 is 2.42 bits per heavy atom. The number of piperidine rings is 1. The molecule has 1 aromatic rings. The maximum atomic E-state index is 5.56. The molecule has 2 rings (SSSR count). The Bertz CT molecular complexity index is 355. The first-order valence-electron chi connectivity index (χ1n) is 7.22. The van der Waals surface area contributed by atoms with Crippen LogP contribution < -0.4 is 5.32 Å². The monoisotopic (exact) mass is 282 g/mol. The summed E-state index contributed by atoms with van der Waals surface area (Å²) >= 11 is 1.83. The molecule has 0 saturated carbocycles. The number of hydrogen-bond donors (Lipinski definition) is 1. The van der Waals surface area contributed by atoms with Crippen molar-refractivity contribution in [2.75, 3.05) is 33.3 Å². The van der Waals surface area contributed by atoms with E-state index in [2.05, 4.69) is 41.6 Å². The molecule has 1 N–H and O–H groups in total. The second kappa shape index (κ2) is 7.39. The predicted octanol–water partition coefficient (Wildman–Crippen LogP) is 2.76. The van der Waals surface area contributed by atoms with Gasteiger partial charge in [0, 0.05) is 37.7 Å². The van der Waals surface area contributed by atoms with Crippen LogP contribution in [0.15, 0.2) is 17.5 Å². The van der Waals surface area contributed by atoms with E-state index in [1.54, 1.807) is 0 Å². The molecular weight excluding hydrogens is 256 g/mol. The van der Waals surface area contributed by atoms with Crippen molar-refractivity contribution in [1.29, 1.82) is 0 Å². The molecule has 3 nitrogen and oxygen atoms in total. The maximum Gasteiger partial charge on any atom is 0.0724 e. The molecule has 0 aromatic carbocycles. The number of methoxy groups -OCH3 is 1. The van der Waals surface area contributed by atoms with Crippen molar-refractivity contribution in [1.82, 2.24) is 10.2 Å². The van der Waals surface area contributed by atoms with Gasteiger partial charge in [-0.1, -0.05) is 13.0 Å². The Balaban J connectivity index is 1.68. The van der Waals surface area contributed by atoms with Crippen molar-refractivity contribution >= 4 is 11.3 Å². The normalized spacial score (nSPS) is 26.5. The van der Waals surface area contributed by atoms with Gasteiger partial charge < -0.3 is 10.1 Å². The van der Waals surface area contributed by atoms with Crippen molar-refractivity contribution in [3.8, 4) is 0 Å². The van der Waals surface area contributed by atoms with Gasteiger partial charge in [0.2, 0.25) is 0 Å². The summed E-state index contributed by atoms with van der Waals surface area (Å²) in [6.07, 6.45) is 1.65. The number of ether oxygens (including phenoxy) is 1. The molecule has 4 heteroatoms. The van der Waals surface area contributed by atoms with Crippen LogP contribution in [-0.4, -0.2) is 44.3 Å². The van der Waals surface area contributed by atoms with E-state index < -0.39 is 0 Å². The van der Waals surface area contributed by atoms with E-state index in [4.69, 9.17) is 4.74 Å². The van der Waals surface area contributed by atoms with Gasteiger partial charge in [-0.3, -0.25) is 4.90 Å². The second-order valence-corrected chi connectivity index (χ2v) is 6.51. The molecule has 0 radical (unpaired) electrons. The average Bonchev–Trinajstić information content (AvgIpc) is 2.94. The highest BCUT2D eigenvalue weighted by Gasteiger charge is 2.25. The summed E-state index contributed by atoms with van der Waals surface area (Å²) in [5.74, 6) is 0.694. The Hall–Kier alpha value is -0.420. The summed E-state index contributed by atoms with van der Waals surface area (Å²) in [5.41, 5.74) is 0. The summed E-state index contributed by atoms with van der Waals surface area (Å²) in [4.78, 5) is 3.93. The summed E-state index contributed by atoms with van der Waals surface area (Å²) < 4.78 is 5.56. The van der Waals surface area contributed by atoms with E-state index in [-0.39, 0.29) is 0 Å². The standard InChI is InChI=1S/C15H26N2OS/c1-12-6-8-17(11-14(12)18-3)9-7-16-13(2)15-5-4-10-19-15/h4-5,10,12-14,16H,6-9,11H2,1-3H3. The number of rotatable bonds is 6. The van der Waals surface area contributed by atoms with E-state index in [1.165, 1.54) is 17.8 Å². The second-order valence-electron chi connectivity index (χ2n) is 5.53. The number of nitrogens with zero attached hydrogens (tertiary/aromatic N) is 1. The third-order valence-corrected chi connectivity index (χ3v) is 5.18. The van der Waals surface area contributed by atoms with Crippen LogP contribution in [0.5, 0.6) is 0 Å². The van der Waals surface area contributed by atoms with Gasteiger partial charge in [0.1, 0.15) is 0 Å². The van der Waals surface area contributed by atoms with Crippen LogP contribution in [0.2, 0.25) is 0 Å². The van der Waals surface area contributed by atoms with E-state index in [0.29, 0.717) is 18.1 Å². The lowest BCUT2D eigenvalue weighted by molar-refractivity contribution is -0.00455. The fourth-order valence-electron chi connectivity index (χ4n) is 2.69. The quantitative estimate of drug-likeness (QED) is 0.868. The lowest BCUT2D eigenvalue weighted by Gasteiger charge is -2.36. The lowest BCUT2D eigenvalue weighted by Crippen LogP contribution is -2.46. The number of hydrogen-bond acceptors (Lipinski definition) is 4. The molecule has 19 heavy (non-hydrogen) atoms. The maximum absolute atomic E-state index is 5.56. The van der Waals surface area contributed by atoms with Crippen molar-refractivity contribution < 1.29 is 4.74 Å². The highest BCUT2D eigenvalue weighted by Crippen LogP contribution is 2.20. The first-order chi connectivity index (χ1) is 9.20. The van der Waals surface area contributed by atoms with Crippen LogP contribution in [-0.2, 0) is 4.74 Å². The largest absolute Gasteiger partial charge is 0.380 e. The van der Waals surface area contributed by atoms with Gasteiger partial charge in [-0.15, -0.1) is 11.3 Å². The summed E-state index contributed by atoms with van der Waals surface area (Å²) in [6.45, 7) is 8.97. The SMILES string of the molecule is COC1CN(CCNC(C)c2cccs2)CCC1C. The van der Waals surface area contributed by atoms with Gasteiger partial charge in [0.25, 0.3) is 0 Å². The first kappa shape index (κ1) is 15.0. The van der Waals surface area contributed by atoms with Crippen LogP contribution >= 0.6 is 11.3 Å². The van der Waals surface area contributed by atoms with E-state index >= 15 is 0 Å². The minimum atomic E-state index is 0.406. The zero-order chi connectivity index (χ0) is 13.7. The lowest BCUT2D eigenvalue weighted by atomic mass is 9.96. The van der Waals surface area contributed by atoms with Crippen LogP contribution in [0.25, 0.3) is 0 Å². The highest BCUT2D eigenvalue weighted by molar-refractivity contribution is 7.10. The predicted molar refractivity (Wildman–Crippen MR) is 81.8 cm³/mol. The summed E-state index contributed by atoms with van der Waals surface area (Å²) in [7, 11) is 1.84. The summed E-state index contributed by atoms with van der Waals surface area (Å²) in [5, 5.41) is 5.75. The van der Waals surface area contributed by atoms with Crippen molar-refractivity contribution in [3.05, 3.63) is 22.4 Å². The molecular formula is C15H26N2OS. The van der Waals surface area contributed by atoms with Crippen LogP contribution in [0.3, 0.4) is 0 Å². The molecule has 0 aliphatic carbocycles. The first-order valence-corrected chi connectivity index (χ1v) is 8.10. The van der Waals surface area contributed by atoms with Gasteiger partial charge in [0.15, 0.2) is 0 Å². The Kier molecular flexibility index (Phi) is 5.82. The number of likely N-dealkylation sites (tertiary alicyclic amines) is 1. The molecule has 3 atom stereocenters. The van der Waals surface area contributed by atoms with Crippen molar-refractivity contribution in [3.63, 3.8) is 0 Å². The van der Waals surface area contributed by atoms with Gasteiger partial charge >= 0.3 is 0 Å². The van der Waals surface area contributed by atoms with Crippen LogP contribution in [0.1, 0.15) is 31.2 Å². The minimum Gasteiger partial charge on any atom is -0.380 e. The zero-order valence-corrected chi connectivity index (χ0v) is 13.1. The zero-order valence-electron chi connectivity index (χ0n) is 12.3. The average molecular weight is 282 g/mol. The van der Waals surface area contributed by atoms with E-state index in [1.807, 2.05) is 18.4 Å². The topological polar surface area (TPSA) is 24.5 Å². The molecule has 1 aromatic heterocycles. The van der Waals surface area contributed by atoms with Gasteiger partial charge in [-0.2, -0.15) is 0 Å². The Morgan fingerprint density at radius 3 is 3.11 bits per heavy atom. The van der Waals surface area contributed by atoms with Gasteiger partial charge in [-0.05, 0) is 37.3 Å². The fraction of sp³-hybridized carbons (Fsp3) is 0.733. The van der Waals surface area contributed by atoms with Crippen LogP contribution in [0, 0.1) is 5.92 Å². The molecule has 1 fully saturated rings. The molecule has 0 amide bonds. The van der Waals surface area contributed by atoms with E-state index in [9.17, 15) is 0 Å². The molecule has 3 unspecified atom stereocenters. The van der Waals surface area contributed by atoms with Gasteiger partial charge in [0.05, 0.1) is 6.10 Å². The molecule has 1 saturated heterocycles. The minimum absolute atomic E-state index is 0.406. The van der Waals surface area contributed by atoms with Gasteiger partial charge in [-0.25, -0.2) is 0 Å². The van der Waals surface area contributed by atoms with Crippen LogP contribution in [0.4, 0.5) is 0 Å². The Morgan fingerprint density at radius 1 is 1.58 bits per heavy atom. The highest BCUT2D eigenvalue weighted by atomic mass is 32.1. The molecule has 1 aliphatic rings. The van der Waals surface area contributed by atoms with Crippen molar-refractivity contribution in [2.45, 2.75) is 32.4 Å². The third kappa shape index (κ3) is 4.28.